The number of nitrogens with zero attached hydrogens (tertiary/aromatic N) is 2. The van der Waals surface area contributed by atoms with E-state index in [0.717, 1.165) is 70.9 Å². The summed E-state index contributed by atoms with van der Waals surface area (Å²) in [6, 6.07) is 20.7. The average Bonchev–Trinajstić information content (AvgIpc) is 2.96. The lowest BCUT2D eigenvalue weighted by Crippen LogP contribution is -2.20. The molecular weight excluding hydrogens is 470 g/mol. The molecule has 38 heavy (non-hydrogen) atoms. The van der Waals surface area contributed by atoms with Gasteiger partial charge in [-0.25, -0.2) is 9.97 Å². The van der Waals surface area contributed by atoms with Gasteiger partial charge in [0.15, 0.2) is 5.82 Å². The molecule has 0 unspecified atom stereocenters. The number of rotatable bonds is 7. The van der Waals surface area contributed by atoms with Crippen molar-refractivity contribution in [3.05, 3.63) is 83.2 Å². The second-order valence-corrected chi connectivity index (χ2v) is 10.8. The first-order chi connectivity index (χ1) is 18.7. The Kier molecular flexibility index (Phi) is 7.08. The molecule has 0 aliphatic heterocycles. The maximum atomic E-state index is 13.2. The predicted molar refractivity (Wildman–Crippen MR) is 153 cm³/mol. The summed E-state index contributed by atoms with van der Waals surface area (Å²) in [7, 11) is 1.70. The number of carbonyl (C=O) groups excluding carboxylic acids is 1. The molecule has 0 bridgehead atoms. The lowest BCUT2D eigenvalue weighted by atomic mass is 9.85. The Morgan fingerprint density at radius 1 is 0.947 bits per heavy atom. The fraction of sp³-hybridized carbons (Fsp3) is 0.364. The van der Waals surface area contributed by atoms with Crippen molar-refractivity contribution >= 4 is 22.5 Å². The third-order valence-corrected chi connectivity index (χ3v) is 8.19. The molecule has 194 valence electrons. The summed E-state index contributed by atoms with van der Waals surface area (Å²) in [6.45, 7) is 0. The summed E-state index contributed by atoms with van der Waals surface area (Å²) in [5, 5.41) is 5.48. The number of methoxy groups -OCH3 is 1. The fourth-order valence-electron chi connectivity index (χ4n) is 6.08. The minimum absolute atomic E-state index is 0.0469. The van der Waals surface area contributed by atoms with Crippen LogP contribution in [-0.4, -0.2) is 23.0 Å². The summed E-state index contributed by atoms with van der Waals surface area (Å²) in [5.41, 5.74) is 6.21. The van der Waals surface area contributed by atoms with E-state index in [1.54, 1.807) is 7.11 Å². The zero-order valence-corrected chi connectivity index (χ0v) is 22.1. The zero-order valence-electron chi connectivity index (χ0n) is 22.1. The van der Waals surface area contributed by atoms with Crippen LogP contribution < -0.4 is 10.1 Å². The molecule has 1 amide bonds. The van der Waals surface area contributed by atoms with Crippen molar-refractivity contribution in [1.29, 1.82) is 0 Å². The molecule has 5 heteroatoms. The Labute approximate surface area is 224 Å². The van der Waals surface area contributed by atoms with Crippen molar-refractivity contribution in [3.63, 3.8) is 0 Å². The van der Waals surface area contributed by atoms with Gasteiger partial charge in [0, 0.05) is 5.56 Å². The van der Waals surface area contributed by atoms with E-state index in [1.165, 1.54) is 43.1 Å². The molecule has 0 saturated heterocycles. The minimum Gasteiger partial charge on any atom is -0.497 e. The fourth-order valence-corrected chi connectivity index (χ4v) is 6.08. The molecule has 3 aromatic carbocycles. The number of ether oxygens (including phenoxy) is 1. The van der Waals surface area contributed by atoms with Gasteiger partial charge in [0.2, 0.25) is 5.91 Å². The van der Waals surface area contributed by atoms with Crippen LogP contribution in [0.4, 0.5) is 5.82 Å². The van der Waals surface area contributed by atoms with Gasteiger partial charge in [-0.05, 0) is 71.7 Å². The largest absolute Gasteiger partial charge is 0.497 e. The van der Waals surface area contributed by atoms with Gasteiger partial charge in [0.1, 0.15) is 5.75 Å². The summed E-state index contributed by atoms with van der Waals surface area (Å²) in [6.07, 6.45) is 10.5. The van der Waals surface area contributed by atoms with E-state index in [0.29, 0.717) is 12.2 Å². The summed E-state index contributed by atoms with van der Waals surface area (Å²) < 4.78 is 5.45. The van der Waals surface area contributed by atoms with Crippen LogP contribution in [0.25, 0.3) is 22.0 Å². The molecule has 5 nitrogen and oxygen atoms in total. The van der Waals surface area contributed by atoms with Crippen LogP contribution in [0.5, 0.6) is 5.75 Å². The maximum absolute atomic E-state index is 13.2. The van der Waals surface area contributed by atoms with Crippen LogP contribution in [0.3, 0.4) is 0 Å². The number of aromatic nitrogens is 2. The number of benzene rings is 3. The molecule has 6 rings (SSSR count). The van der Waals surface area contributed by atoms with Crippen LogP contribution in [0.15, 0.2) is 60.7 Å². The first-order valence-electron chi connectivity index (χ1n) is 14.0. The lowest BCUT2D eigenvalue weighted by Gasteiger charge is -2.23. The third kappa shape index (κ3) is 5.28. The molecule has 1 saturated carbocycles. The number of anilines is 1. The molecule has 4 aromatic rings. The van der Waals surface area contributed by atoms with Crippen LogP contribution in [0.1, 0.15) is 61.0 Å². The number of amides is 1. The summed E-state index contributed by atoms with van der Waals surface area (Å²) >= 11 is 0. The monoisotopic (exact) mass is 505 g/mol. The van der Waals surface area contributed by atoms with Crippen molar-refractivity contribution in [2.45, 2.75) is 64.2 Å². The Hall–Kier alpha value is -3.73. The highest BCUT2D eigenvalue weighted by molar-refractivity contribution is 5.93. The number of hydrogen-bond acceptors (Lipinski definition) is 4. The average molecular weight is 506 g/mol. The highest BCUT2D eigenvalue weighted by Crippen LogP contribution is 2.36. The predicted octanol–water partition coefficient (Wildman–Crippen LogP) is 7.10. The van der Waals surface area contributed by atoms with Crippen molar-refractivity contribution in [2.24, 2.45) is 5.92 Å². The molecule has 1 heterocycles. The molecule has 1 aromatic heterocycles. The highest BCUT2D eigenvalue weighted by atomic mass is 16.5. The van der Waals surface area contributed by atoms with Crippen molar-refractivity contribution in [2.75, 3.05) is 12.4 Å². The molecule has 1 fully saturated rings. The molecule has 0 spiro atoms. The molecule has 0 radical (unpaired) electrons. The molecular formula is C33H35N3O2. The zero-order chi connectivity index (χ0) is 25.9. The van der Waals surface area contributed by atoms with E-state index in [-0.39, 0.29) is 5.91 Å². The molecule has 2 aliphatic carbocycles. The number of carbonyl (C=O) groups is 1. The highest BCUT2D eigenvalue weighted by Gasteiger charge is 2.24. The first-order valence-corrected chi connectivity index (χ1v) is 14.0. The number of aryl methyl sites for hydroxylation is 3. The van der Waals surface area contributed by atoms with Gasteiger partial charge in [0.05, 0.1) is 30.6 Å². The van der Waals surface area contributed by atoms with Gasteiger partial charge in [-0.3, -0.25) is 4.79 Å². The van der Waals surface area contributed by atoms with Gasteiger partial charge >= 0.3 is 0 Å². The van der Waals surface area contributed by atoms with Crippen molar-refractivity contribution in [1.82, 2.24) is 9.97 Å². The van der Waals surface area contributed by atoms with E-state index in [4.69, 9.17) is 14.7 Å². The SMILES string of the molecule is COc1ccc2c(c1)CCc1nc(NC(=O)Cc3ccc4ccccc4c3)c(CCC3CCCCC3)nc1-2. The van der Waals surface area contributed by atoms with Gasteiger partial charge < -0.3 is 10.1 Å². The van der Waals surface area contributed by atoms with Crippen LogP contribution in [-0.2, 0) is 30.5 Å². The number of fused-ring (bicyclic) bond motifs is 4. The molecule has 2 aliphatic rings. The van der Waals surface area contributed by atoms with Gasteiger partial charge in [-0.1, -0.05) is 74.6 Å². The van der Waals surface area contributed by atoms with Crippen molar-refractivity contribution in [3.8, 4) is 17.0 Å². The van der Waals surface area contributed by atoms with E-state index in [2.05, 4.69) is 41.7 Å². The van der Waals surface area contributed by atoms with Gasteiger partial charge in [0.25, 0.3) is 0 Å². The third-order valence-electron chi connectivity index (χ3n) is 8.19. The number of hydrogen-bond donors (Lipinski definition) is 1. The lowest BCUT2D eigenvalue weighted by molar-refractivity contribution is -0.115. The van der Waals surface area contributed by atoms with E-state index in [9.17, 15) is 4.79 Å². The van der Waals surface area contributed by atoms with Crippen LogP contribution in [0, 0.1) is 5.92 Å². The second kappa shape index (κ2) is 10.9. The second-order valence-electron chi connectivity index (χ2n) is 10.8. The quantitative estimate of drug-likeness (QED) is 0.291. The Morgan fingerprint density at radius 2 is 1.79 bits per heavy atom. The van der Waals surface area contributed by atoms with Gasteiger partial charge in [-0.15, -0.1) is 0 Å². The Balaban J connectivity index is 1.28. The molecule has 1 N–H and O–H groups in total. The smallest absolute Gasteiger partial charge is 0.229 e. The van der Waals surface area contributed by atoms with Crippen molar-refractivity contribution < 1.29 is 9.53 Å². The normalized spacial score (nSPS) is 15.1. The summed E-state index contributed by atoms with van der Waals surface area (Å²) in [5.74, 6) is 2.20. The molecule has 0 atom stereocenters. The van der Waals surface area contributed by atoms with Crippen LogP contribution in [0.2, 0.25) is 0 Å². The topological polar surface area (TPSA) is 64.1 Å². The standard InChI is InChI=1S/C33H35N3O2/c1-38-27-15-16-28-26(21-27)14-18-29-32(28)34-30(17-12-22-7-3-2-4-8-22)33(35-29)36-31(37)20-23-11-13-24-9-5-6-10-25(24)19-23/h5-6,9-11,13,15-16,19,21-22H,2-4,7-8,12,14,17-18,20H2,1H3,(H,35,36,37). The first kappa shape index (κ1) is 24.6. The summed E-state index contributed by atoms with van der Waals surface area (Å²) in [4.78, 5) is 23.4. The maximum Gasteiger partial charge on any atom is 0.229 e. The van der Waals surface area contributed by atoms with E-state index < -0.39 is 0 Å². The minimum atomic E-state index is -0.0469. The van der Waals surface area contributed by atoms with E-state index in [1.807, 2.05) is 24.3 Å². The Bertz CT molecular complexity index is 1470. The Morgan fingerprint density at radius 3 is 2.63 bits per heavy atom. The number of nitrogens with one attached hydrogen (secondary N) is 1. The van der Waals surface area contributed by atoms with Crippen LogP contribution >= 0.6 is 0 Å². The van der Waals surface area contributed by atoms with E-state index >= 15 is 0 Å². The van der Waals surface area contributed by atoms with Gasteiger partial charge in [-0.2, -0.15) is 0 Å².